The molecule has 0 fully saturated rings. The summed E-state index contributed by atoms with van der Waals surface area (Å²) in [6, 6.07) is 0. The van der Waals surface area contributed by atoms with Gasteiger partial charge in [-0.25, -0.2) is 0 Å². The molecule has 0 bridgehead atoms. The first-order chi connectivity index (χ1) is 6.62. The van der Waals surface area contributed by atoms with E-state index in [0.29, 0.717) is 9.02 Å². The predicted octanol–water partition coefficient (Wildman–Crippen LogP) is 4.77. The zero-order valence-electron chi connectivity index (χ0n) is 11.0. The van der Waals surface area contributed by atoms with E-state index in [-0.39, 0.29) is 0 Å². The van der Waals surface area contributed by atoms with Gasteiger partial charge in [0.15, 0.2) is 0 Å². The fraction of sp³-hybridized carbons (Fsp3) is 0.667. The molecular weight excluding hydrogens is 259 g/mol. The predicted molar refractivity (Wildman–Crippen MR) is 74.6 cm³/mol. The third kappa shape index (κ3) is 5.33. The van der Waals surface area contributed by atoms with Crippen molar-refractivity contribution >= 4 is 16.1 Å². The molecule has 0 radical (unpaired) electrons. The van der Waals surface area contributed by atoms with E-state index in [0.717, 1.165) is 0 Å². The Morgan fingerprint density at radius 3 is 1.20 bits per heavy atom. The zero-order valence-corrected chi connectivity index (χ0v) is 14.0. The van der Waals surface area contributed by atoms with Crippen molar-refractivity contribution in [2.75, 3.05) is 0 Å². The Bertz CT molecular complexity index is 199. The summed E-state index contributed by atoms with van der Waals surface area (Å²) >= 11 is 1.89. The van der Waals surface area contributed by atoms with Crippen LogP contribution < -0.4 is 0 Å². The van der Waals surface area contributed by atoms with Gasteiger partial charge in [0.05, 0.1) is 0 Å². The van der Waals surface area contributed by atoms with Gasteiger partial charge in [-0.2, -0.15) is 0 Å². The van der Waals surface area contributed by atoms with Crippen LogP contribution in [0.4, 0.5) is 0 Å². The van der Waals surface area contributed by atoms with E-state index in [9.17, 15) is 0 Å². The molecule has 0 heterocycles. The molecular formula is C12H26NiSi2. The van der Waals surface area contributed by atoms with Crippen molar-refractivity contribution in [2.24, 2.45) is 0 Å². The topological polar surface area (TPSA) is 0 Å². The number of rotatable bonds is 6. The summed E-state index contributed by atoms with van der Waals surface area (Å²) in [6.07, 6.45) is 4.31. The molecule has 2 unspecified atom stereocenters. The van der Waals surface area contributed by atoms with Gasteiger partial charge in [0.2, 0.25) is 0 Å². The van der Waals surface area contributed by atoms with Gasteiger partial charge in [-0.15, -0.1) is 0 Å². The van der Waals surface area contributed by atoms with Gasteiger partial charge in [-0.3, -0.25) is 0 Å². The quantitative estimate of drug-likeness (QED) is 0.487. The summed E-state index contributed by atoms with van der Waals surface area (Å²) < 4.78 is 1.33. The van der Waals surface area contributed by atoms with E-state index in [1.807, 2.05) is 14.4 Å². The molecule has 0 spiro atoms. The van der Waals surface area contributed by atoms with E-state index < -0.39 is 16.1 Å². The first-order valence-electron chi connectivity index (χ1n) is 5.43. The van der Waals surface area contributed by atoms with Crippen molar-refractivity contribution in [2.45, 2.75) is 48.3 Å². The molecule has 92 valence electrons. The Hall–Kier alpha value is 0.407. The second-order valence-electron chi connectivity index (χ2n) is 6.04. The fourth-order valence-corrected chi connectivity index (χ4v) is 8.26. The maximum absolute atomic E-state index is 4.00. The van der Waals surface area contributed by atoms with Crippen molar-refractivity contribution in [1.82, 2.24) is 0 Å². The monoisotopic (exact) mass is 284 g/mol. The van der Waals surface area contributed by atoms with Gasteiger partial charge in [-0.1, -0.05) is 0 Å². The summed E-state index contributed by atoms with van der Waals surface area (Å²) in [5.41, 5.74) is 0. The van der Waals surface area contributed by atoms with Crippen molar-refractivity contribution < 1.29 is 14.4 Å². The number of allylic oxidation sites excluding steroid dienone is 2. The summed E-state index contributed by atoms with van der Waals surface area (Å²) in [5, 5.41) is 0. The molecule has 0 aliphatic rings. The second-order valence-corrected chi connectivity index (χ2v) is 19.2. The third-order valence-electron chi connectivity index (χ3n) is 2.16. The fourth-order valence-electron chi connectivity index (χ4n) is 1.23. The van der Waals surface area contributed by atoms with Crippen molar-refractivity contribution in [3.05, 3.63) is 25.3 Å². The normalized spacial score (nSPS) is 17.2. The van der Waals surface area contributed by atoms with Gasteiger partial charge in [-0.05, 0) is 0 Å². The van der Waals surface area contributed by atoms with Crippen molar-refractivity contribution in [1.29, 1.82) is 0 Å². The van der Waals surface area contributed by atoms with Crippen LogP contribution in [-0.2, 0) is 14.4 Å². The molecule has 0 N–H and O–H groups in total. The average Bonchev–Trinajstić information content (AvgIpc) is 2.01. The summed E-state index contributed by atoms with van der Waals surface area (Å²) in [7, 11) is -2.23. The molecule has 0 aromatic rings. The van der Waals surface area contributed by atoms with Gasteiger partial charge >= 0.3 is 104 Å². The standard InChI is InChI=1S/2C6H13Si.Ni/c2*1-5-6-7(2,3)4;/h2*5-6H,1H2,2-4H3;. The van der Waals surface area contributed by atoms with Crippen molar-refractivity contribution in [3.63, 3.8) is 0 Å². The van der Waals surface area contributed by atoms with Crippen LogP contribution in [0.15, 0.2) is 25.3 Å². The van der Waals surface area contributed by atoms with Crippen LogP contribution in [0.25, 0.3) is 0 Å². The van der Waals surface area contributed by atoms with Gasteiger partial charge in [0.25, 0.3) is 0 Å². The molecule has 2 atom stereocenters. The Balaban J connectivity index is 4.67. The Morgan fingerprint density at radius 1 is 0.800 bits per heavy atom. The number of hydrogen-bond acceptors (Lipinski definition) is 0. The molecule has 3 heteroatoms. The molecule has 0 amide bonds. The minimum atomic E-state index is -1.12. The molecule has 0 aliphatic heterocycles. The van der Waals surface area contributed by atoms with Crippen LogP contribution in [0.5, 0.6) is 0 Å². The van der Waals surface area contributed by atoms with Crippen LogP contribution in [0.3, 0.4) is 0 Å². The van der Waals surface area contributed by atoms with Crippen LogP contribution in [0.1, 0.15) is 0 Å². The molecule has 0 saturated carbocycles. The van der Waals surface area contributed by atoms with Crippen molar-refractivity contribution in [3.8, 4) is 0 Å². The van der Waals surface area contributed by atoms with E-state index in [2.05, 4.69) is 64.6 Å². The van der Waals surface area contributed by atoms with Crippen LogP contribution in [-0.4, -0.2) is 16.1 Å². The first kappa shape index (κ1) is 15.4. The molecule has 0 rings (SSSR count). The zero-order chi connectivity index (χ0) is 12.3. The van der Waals surface area contributed by atoms with Crippen LogP contribution in [0, 0.1) is 0 Å². The van der Waals surface area contributed by atoms with Crippen LogP contribution in [0.2, 0.25) is 48.3 Å². The Kier molecular flexibility index (Phi) is 5.80. The maximum atomic E-state index is 4.00. The molecule has 0 nitrogen and oxygen atoms in total. The summed E-state index contributed by atoms with van der Waals surface area (Å²) in [5.74, 6) is 0. The molecule has 0 saturated heterocycles. The first-order valence-corrected chi connectivity index (χ1v) is 13.7. The summed E-state index contributed by atoms with van der Waals surface area (Å²) in [6.45, 7) is 22.5. The second kappa shape index (κ2) is 5.65. The SMILES string of the molecule is C=C[CH]([Ni][CH](C=C)[Si](C)(C)C)[Si](C)(C)C. The van der Waals surface area contributed by atoms with Gasteiger partial charge < -0.3 is 0 Å². The Labute approximate surface area is 104 Å². The van der Waals surface area contributed by atoms with E-state index in [1.165, 1.54) is 0 Å². The average molecular weight is 285 g/mol. The minimum absolute atomic E-state index is 0.666. The molecule has 0 aliphatic carbocycles. The molecule has 15 heavy (non-hydrogen) atoms. The van der Waals surface area contributed by atoms with Crippen LogP contribution >= 0.6 is 0 Å². The van der Waals surface area contributed by atoms with E-state index >= 15 is 0 Å². The Morgan fingerprint density at radius 2 is 1.07 bits per heavy atom. The van der Waals surface area contributed by atoms with Gasteiger partial charge in [0.1, 0.15) is 0 Å². The van der Waals surface area contributed by atoms with Gasteiger partial charge in [0, 0.05) is 0 Å². The van der Waals surface area contributed by atoms with E-state index in [1.54, 1.807) is 0 Å². The molecule has 0 aromatic heterocycles. The molecule has 0 aromatic carbocycles. The third-order valence-corrected chi connectivity index (χ3v) is 12.9. The number of hydrogen-bond donors (Lipinski definition) is 0. The van der Waals surface area contributed by atoms with E-state index in [4.69, 9.17) is 0 Å². The summed E-state index contributed by atoms with van der Waals surface area (Å²) in [4.78, 5) is 0.